The largest absolute Gasteiger partial charge is 0.383 e. The molecule has 2 aliphatic rings. The molecule has 1 fully saturated rings. The van der Waals surface area contributed by atoms with E-state index in [0.717, 1.165) is 35.6 Å². The molecule has 3 rings (SSSR count). The van der Waals surface area contributed by atoms with Crippen molar-refractivity contribution >= 4 is 40.3 Å². The Morgan fingerprint density at radius 2 is 2.10 bits per heavy atom. The van der Waals surface area contributed by atoms with Crippen LogP contribution in [0.4, 0.5) is 0 Å². The second-order valence-corrected chi connectivity index (χ2v) is 7.35. The van der Waals surface area contributed by atoms with Gasteiger partial charge in [0.25, 0.3) is 0 Å². The smallest absolute Gasteiger partial charge is 0.0613 e. The molecule has 0 amide bonds. The first kappa shape index (κ1) is 14.4. The molecule has 0 radical (unpaired) electrons. The zero-order valence-corrected chi connectivity index (χ0v) is 13.4. The fourth-order valence-corrected chi connectivity index (χ4v) is 3.55. The van der Waals surface area contributed by atoms with Gasteiger partial charge in [-0.3, -0.25) is 0 Å². The van der Waals surface area contributed by atoms with Crippen LogP contribution >= 0.6 is 35.4 Å². The van der Waals surface area contributed by atoms with Crippen molar-refractivity contribution in [3.05, 3.63) is 47.1 Å². The van der Waals surface area contributed by atoms with Crippen LogP contribution in [-0.4, -0.2) is 15.8 Å². The van der Waals surface area contributed by atoms with E-state index in [4.69, 9.17) is 35.4 Å². The van der Waals surface area contributed by atoms with Gasteiger partial charge in [-0.05, 0) is 55.5 Å². The van der Waals surface area contributed by atoms with Crippen molar-refractivity contribution in [2.45, 2.75) is 36.6 Å². The summed E-state index contributed by atoms with van der Waals surface area (Å²) < 4.78 is 0. The first-order valence-corrected chi connectivity index (χ1v) is 8.14. The van der Waals surface area contributed by atoms with Crippen LogP contribution in [-0.2, 0) is 6.42 Å². The molecular weight excluding hydrogens is 309 g/mol. The maximum absolute atomic E-state index is 6.70. The van der Waals surface area contributed by atoms with Gasteiger partial charge in [-0.2, -0.15) is 0 Å². The third-order valence-corrected chi connectivity index (χ3v) is 5.77. The average Bonchev–Trinajstić information content (AvgIpc) is 3.05. The number of benzene rings is 1. The van der Waals surface area contributed by atoms with Crippen LogP contribution in [0.1, 0.15) is 24.8 Å². The molecule has 2 unspecified atom stereocenters. The Hall–Kier alpha value is -0.570. The van der Waals surface area contributed by atoms with Gasteiger partial charge in [0.05, 0.1) is 6.04 Å². The van der Waals surface area contributed by atoms with Gasteiger partial charge in [0, 0.05) is 14.8 Å². The van der Waals surface area contributed by atoms with E-state index >= 15 is 0 Å². The van der Waals surface area contributed by atoms with Gasteiger partial charge in [-0.25, -0.2) is 0 Å². The highest BCUT2D eigenvalue weighted by molar-refractivity contribution is 7.80. The van der Waals surface area contributed by atoms with E-state index in [0.29, 0.717) is 5.92 Å². The van der Waals surface area contributed by atoms with E-state index in [-0.39, 0.29) is 10.9 Å². The predicted octanol–water partition coefficient (Wildman–Crippen LogP) is 4.52. The normalized spacial score (nSPS) is 24.5. The summed E-state index contributed by atoms with van der Waals surface area (Å²) in [6.07, 6.45) is 7.99. The van der Waals surface area contributed by atoms with Gasteiger partial charge >= 0.3 is 0 Å². The molecule has 106 valence electrons. The Labute approximate surface area is 135 Å². The molecule has 20 heavy (non-hydrogen) atoms. The van der Waals surface area contributed by atoms with E-state index in [2.05, 4.69) is 11.4 Å². The SMILES string of the molecule is S=C1C=CNC1CC(Cc1ccccc1Cl)C1(Cl)CC1. The molecule has 0 aromatic heterocycles. The van der Waals surface area contributed by atoms with E-state index in [1.54, 1.807) is 0 Å². The van der Waals surface area contributed by atoms with Crippen LogP contribution < -0.4 is 5.32 Å². The van der Waals surface area contributed by atoms with Crippen molar-refractivity contribution < 1.29 is 0 Å². The van der Waals surface area contributed by atoms with E-state index in [9.17, 15) is 0 Å². The Balaban J connectivity index is 1.74. The summed E-state index contributed by atoms with van der Waals surface area (Å²) in [5, 5.41) is 4.16. The highest BCUT2D eigenvalue weighted by atomic mass is 35.5. The Morgan fingerprint density at radius 1 is 1.35 bits per heavy atom. The number of rotatable bonds is 5. The van der Waals surface area contributed by atoms with Gasteiger partial charge in [-0.1, -0.05) is 42.0 Å². The Kier molecular flexibility index (Phi) is 4.07. The van der Waals surface area contributed by atoms with Crippen molar-refractivity contribution in [2.75, 3.05) is 0 Å². The summed E-state index contributed by atoms with van der Waals surface area (Å²) in [7, 11) is 0. The van der Waals surface area contributed by atoms with Crippen molar-refractivity contribution in [1.82, 2.24) is 5.32 Å². The molecule has 2 atom stereocenters. The van der Waals surface area contributed by atoms with E-state index in [1.165, 1.54) is 5.56 Å². The maximum Gasteiger partial charge on any atom is 0.0613 e. The van der Waals surface area contributed by atoms with Crippen molar-refractivity contribution in [3.8, 4) is 0 Å². The van der Waals surface area contributed by atoms with Crippen LogP contribution in [0.3, 0.4) is 0 Å². The van der Waals surface area contributed by atoms with Gasteiger partial charge in [0.1, 0.15) is 0 Å². The number of hydrogen-bond acceptors (Lipinski definition) is 2. The quantitative estimate of drug-likeness (QED) is 0.631. The van der Waals surface area contributed by atoms with Gasteiger partial charge in [-0.15, -0.1) is 11.6 Å². The lowest BCUT2D eigenvalue weighted by molar-refractivity contribution is 0.424. The highest BCUT2D eigenvalue weighted by Crippen LogP contribution is 2.52. The van der Waals surface area contributed by atoms with Crippen LogP contribution in [0.5, 0.6) is 0 Å². The first-order chi connectivity index (χ1) is 9.58. The fraction of sp³-hybridized carbons (Fsp3) is 0.438. The lowest BCUT2D eigenvalue weighted by Crippen LogP contribution is -2.33. The van der Waals surface area contributed by atoms with Crippen LogP contribution in [0, 0.1) is 5.92 Å². The molecule has 1 N–H and O–H groups in total. The third-order valence-electron chi connectivity index (χ3n) is 4.29. The topological polar surface area (TPSA) is 12.0 Å². The lowest BCUT2D eigenvalue weighted by atomic mass is 9.87. The Morgan fingerprint density at radius 3 is 2.70 bits per heavy atom. The second-order valence-electron chi connectivity index (χ2n) is 5.72. The number of nitrogens with one attached hydrogen (secondary N) is 1. The van der Waals surface area contributed by atoms with Gasteiger partial charge < -0.3 is 5.32 Å². The minimum atomic E-state index is -0.0565. The molecular formula is C16H17Cl2NS. The summed E-state index contributed by atoms with van der Waals surface area (Å²) in [6, 6.07) is 8.28. The van der Waals surface area contributed by atoms with Gasteiger partial charge in [0.15, 0.2) is 0 Å². The second kappa shape index (κ2) is 5.67. The molecule has 1 nitrogen and oxygen atoms in total. The molecule has 0 bridgehead atoms. The molecule has 1 aromatic rings. The van der Waals surface area contributed by atoms with Crippen LogP contribution in [0.25, 0.3) is 0 Å². The average molecular weight is 326 g/mol. The van der Waals surface area contributed by atoms with Crippen LogP contribution in [0.15, 0.2) is 36.5 Å². The summed E-state index contributed by atoms with van der Waals surface area (Å²) in [4.78, 5) is 0.925. The zero-order valence-electron chi connectivity index (χ0n) is 11.1. The monoisotopic (exact) mass is 325 g/mol. The number of alkyl halides is 1. The predicted molar refractivity (Wildman–Crippen MR) is 89.7 cm³/mol. The molecule has 4 heteroatoms. The van der Waals surface area contributed by atoms with Crippen LogP contribution in [0.2, 0.25) is 5.02 Å². The molecule has 1 heterocycles. The van der Waals surface area contributed by atoms with Crippen molar-refractivity contribution in [3.63, 3.8) is 0 Å². The lowest BCUT2D eigenvalue weighted by Gasteiger charge is -2.26. The van der Waals surface area contributed by atoms with Gasteiger partial charge in [0.2, 0.25) is 0 Å². The number of hydrogen-bond donors (Lipinski definition) is 1. The summed E-state index contributed by atoms with van der Waals surface area (Å²) in [5.41, 5.74) is 1.18. The van der Waals surface area contributed by atoms with Crippen molar-refractivity contribution in [2.24, 2.45) is 5.92 Å². The van der Waals surface area contributed by atoms with Crippen molar-refractivity contribution in [1.29, 1.82) is 0 Å². The zero-order chi connectivity index (χ0) is 14.2. The van der Waals surface area contributed by atoms with E-state index in [1.807, 2.05) is 30.5 Å². The first-order valence-electron chi connectivity index (χ1n) is 6.97. The summed E-state index contributed by atoms with van der Waals surface area (Å²) >= 11 is 18.4. The molecule has 1 aliphatic heterocycles. The molecule has 1 saturated carbocycles. The number of thiocarbonyl (C=S) groups is 1. The molecule has 0 saturated heterocycles. The molecule has 0 spiro atoms. The Bertz CT molecular complexity index is 551. The minimum absolute atomic E-state index is 0.0565. The summed E-state index contributed by atoms with van der Waals surface area (Å²) in [6.45, 7) is 0. The standard InChI is InChI=1S/C16H17Cl2NS/c17-13-4-2-1-3-11(13)9-12(16(18)6-7-16)10-14-15(20)5-8-19-14/h1-5,8,12,14,19H,6-7,9-10H2. The van der Waals surface area contributed by atoms with E-state index < -0.39 is 0 Å². The molecule has 1 aromatic carbocycles. The summed E-state index contributed by atoms with van der Waals surface area (Å²) in [5.74, 6) is 0.402. The maximum atomic E-state index is 6.70. The highest BCUT2D eigenvalue weighted by Gasteiger charge is 2.48. The number of halogens is 2. The minimum Gasteiger partial charge on any atom is -0.383 e. The molecule has 1 aliphatic carbocycles. The fourth-order valence-electron chi connectivity index (χ4n) is 2.85. The third kappa shape index (κ3) is 3.03.